The standard InChI is InChI=1S/C23H24N2O.C22H17FN2O.C22H22N2O.2C21H19FN2O/c1-3-13-25(22-11-6-12-24-17-22)21-10-5-8-19(15-21)16-23(26)20-9-4-7-18(2)14-20;1-3-16-6-4-8-18(10-16)22(26)12-17-7-5-9-20(11-17)25(2)21-13-19(23)14-24-15-21;1-3-24(21-11-6-12-23-16-21)20-10-5-8-18(14-20)15-22(25)19-9-4-7-17(2)13-19;1-15-5-3-7-17(9-15)21(25)11-16-6-4-8-19(10-16)24(2)20-12-18(22)13-23-14-20;1-15-5-3-6-17(9-15)21(25)12-16-10-18(22)13-20(11-16)24(2)19-7-4-8-23-14-19/h4-12,14-15,17H,3,13,16H2,1-2H3;1,4-11,13-15H,12H2,2H3;4-14,16H,3,15H2,1-2H3;3-10,12-14H,11H2,1-2H3;3-11,13-14H,12H2,1-2H3. The molecule has 0 radical (unpaired) electrons. The molecule has 127 heavy (non-hydrogen) atoms. The van der Waals surface area contributed by atoms with Crippen LogP contribution in [0.25, 0.3) is 0 Å². The summed E-state index contributed by atoms with van der Waals surface area (Å²) in [6, 6.07) is 88.6. The number of pyridine rings is 5. The van der Waals surface area contributed by atoms with Crippen LogP contribution in [0.1, 0.15) is 128 Å². The summed E-state index contributed by atoms with van der Waals surface area (Å²) in [5, 5.41) is 0. The normalized spacial score (nSPS) is 10.4. The smallest absolute Gasteiger partial charge is 0.167 e. The highest BCUT2D eigenvalue weighted by Gasteiger charge is 2.19. The molecule has 15 nitrogen and oxygen atoms in total. The highest BCUT2D eigenvalue weighted by molar-refractivity contribution is 6.00. The second-order valence-corrected chi connectivity index (χ2v) is 30.6. The maximum Gasteiger partial charge on any atom is 0.167 e. The number of anilines is 10. The zero-order chi connectivity index (χ0) is 90.1. The van der Waals surface area contributed by atoms with E-state index in [1.807, 2.05) is 276 Å². The Morgan fingerprint density at radius 2 is 0.598 bits per heavy atom. The minimum Gasteiger partial charge on any atom is -0.343 e. The number of rotatable bonds is 28. The van der Waals surface area contributed by atoms with Crippen molar-refractivity contribution in [2.75, 3.05) is 58.7 Å². The molecule has 0 aliphatic carbocycles. The molecule has 0 N–H and O–H groups in total. The number of nitrogens with zero attached hydrogens (tertiary/aromatic N) is 10. The molecule has 0 aliphatic rings. The molecule has 0 atom stereocenters. The van der Waals surface area contributed by atoms with Crippen LogP contribution in [-0.4, -0.2) is 88.1 Å². The summed E-state index contributed by atoms with van der Waals surface area (Å²) in [6.45, 7) is 13.9. The molecule has 18 heteroatoms. The van der Waals surface area contributed by atoms with Crippen LogP contribution >= 0.6 is 0 Å². The van der Waals surface area contributed by atoms with Crippen molar-refractivity contribution >= 4 is 85.8 Å². The lowest BCUT2D eigenvalue weighted by atomic mass is 10.0. The van der Waals surface area contributed by atoms with E-state index in [0.717, 1.165) is 121 Å². The fourth-order valence-corrected chi connectivity index (χ4v) is 14.2. The minimum atomic E-state index is -0.394. The lowest BCUT2D eigenvalue weighted by Crippen LogP contribution is -2.18. The fraction of sp³-hybridized carbons (Fsp3) is 0.156. The number of carbonyl (C=O) groups is 5. The maximum atomic E-state index is 14.1. The average molecular weight is 1690 g/mol. The Morgan fingerprint density at radius 3 is 0.961 bits per heavy atom. The van der Waals surface area contributed by atoms with Crippen LogP contribution in [0.15, 0.2) is 347 Å². The first-order valence-electron chi connectivity index (χ1n) is 41.8. The molecule has 638 valence electrons. The van der Waals surface area contributed by atoms with Crippen LogP contribution in [-0.2, 0) is 32.1 Å². The third-order valence-corrected chi connectivity index (χ3v) is 20.8. The van der Waals surface area contributed by atoms with Crippen LogP contribution < -0.4 is 24.5 Å². The summed E-state index contributed by atoms with van der Waals surface area (Å²) in [5.74, 6) is 1.74. The molecule has 0 amide bonds. The van der Waals surface area contributed by atoms with Crippen molar-refractivity contribution in [2.24, 2.45) is 0 Å². The summed E-state index contributed by atoms with van der Waals surface area (Å²) >= 11 is 0. The van der Waals surface area contributed by atoms with E-state index < -0.39 is 5.82 Å². The van der Waals surface area contributed by atoms with Gasteiger partial charge in [0.25, 0.3) is 0 Å². The largest absolute Gasteiger partial charge is 0.343 e. The molecular formula is C109H101F3N10O5. The summed E-state index contributed by atoms with van der Waals surface area (Å²) in [7, 11) is 5.52. The van der Waals surface area contributed by atoms with Gasteiger partial charge in [-0.25, -0.2) is 13.2 Å². The van der Waals surface area contributed by atoms with Gasteiger partial charge >= 0.3 is 0 Å². The van der Waals surface area contributed by atoms with Gasteiger partial charge in [0.1, 0.15) is 17.5 Å². The van der Waals surface area contributed by atoms with Gasteiger partial charge in [-0.05, 0) is 208 Å². The monoisotopic (exact) mass is 1690 g/mol. The zero-order valence-electron chi connectivity index (χ0n) is 72.8. The minimum absolute atomic E-state index is 0.00525. The third kappa shape index (κ3) is 27.6. The Balaban J connectivity index is 0.000000154. The van der Waals surface area contributed by atoms with Crippen molar-refractivity contribution in [1.82, 2.24) is 24.9 Å². The van der Waals surface area contributed by atoms with Gasteiger partial charge in [-0.2, -0.15) is 0 Å². The Hall–Kier alpha value is -15.4. The number of hydrogen-bond donors (Lipinski definition) is 0. The fourth-order valence-electron chi connectivity index (χ4n) is 14.2. The first-order valence-corrected chi connectivity index (χ1v) is 41.8. The molecule has 0 saturated carbocycles. The zero-order valence-corrected chi connectivity index (χ0v) is 72.8. The number of halogens is 3. The number of aromatic nitrogens is 5. The van der Waals surface area contributed by atoms with Crippen LogP contribution in [0, 0.1) is 57.5 Å². The van der Waals surface area contributed by atoms with E-state index in [1.165, 1.54) is 30.5 Å². The second-order valence-electron chi connectivity index (χ2n) is 30.6. The Morgan fingerprint density at radius 1 is 0.291 bits per heavy atom. The molecule has 0 aliphatic heterocycles. The van der Waals surface area contributed by atoms with E-state index in [2.05, 4.69) is 84.8 Å². The van der Waals surface area contributed by atoms with Gasteiger partial charge in [0.05, 0.1) is 71.8 Å². The molecule has 0 bridgehead atoms. The van der Waals surface area contributed by atoms with Crippen LogP contribution in [0.5, 0.6) is 0 Å². The van der Waals surface area contributed by atoms with E-state index in [4.69, 9.17) is 6.42 Å². The number of ketones is 5. The third-order valence-electron chi connectivity index (χ3n) is 20.8. The Bertz CT molecular complexity index is 6290. The molecule has 0 spiro atoms. The summed E-state index contributed by atoms with van der Waals surface area (Å²) in [4.78, 5) is 92.9. The van der Waals surface area contributed by atoms with Gasteiger partial charge in [0, 0.05) is 159 Å². The lowest BCUT2D eigenvalue weighted by Gasteiger charge is -2.24. The van der Waals surface area contributed by atoms with Crippen molar-refractivity contribution in [2.45, 2.75) is 80.1 Å². The predicted molar refractivity (Wildman–Crippen MR) is 507 cm³/mol. The van der Waals surface area contributed by atoms with Gasteiger partial charge in [0.2, 0.25) is 0 Å². The molecule has 10 aromatic carbocycles. The first kappa shape index (κ1) is 92.4. The topological polar surface area (TPSA) is 166 Å². The van der Waals surface area contributed by atoms with Gasteiger partial charge < -0.3 is 24.5 Å². The van der Waals surface area contributed by atoms with Crippen molar-refractivity contribution in [1.29, 1.82) is 0 Å². The molecule has 0 unspecified atom stereocenters. The van der Waals surface area contributed by atoms with E-state index in [0.29, 0.717) is 64.1 Å². The number of Topliss-reactive ketones (excluding diaryl/α,β-unsaturated/α-hetero) is 5. The van der Waals surface area contributed by atoms with E-state index >= 15 is 0 Å². The second kappa shape index (κ2) is 46.2. The van der Waals surface area contributed by atoms with Crippen LogP contribution in [0.4, 0.5) is 70.0 Å². The predicted octanol–water partition coefficient (Wildman–Crippen LogP) is 24.2. The molecular weight excluding hydrogens is 1590 g/mol. The molecule has 15 aromatic rings. The summed E-state index contributed by atoms with van der Waals surface area (Å²) < 4.78 is 40.8. The van der Waals surface area contributed by atoms with E-state index in [1.54, 1.807) is 67.5 Å². The average Bonchev–Trinajstić information content (AvgIpc) is 0.840. The van der Waals surface area contributed by atoms with E-state index in [-0.39, 0.29) is 53.4 Å². The van der Waals surface area contributed by atoms with Gasteiger partial charge in [-0.3, -0.25) is 48.9 Å². The summed E-state index contributed by atoms with van der Waals surface area (Å²) in [6.07, 6.45) is 24.2. The highest BCUT2D eigenvalue weighted by atomic mass is 19.1. The van der Waals surface area contributed by atoms with Crippen molar-refractivity contribution in [3.8, 4) is 12.3 Å². The number of hydrogen-bond acceptors (Lipinski definition) is 15. The molecule has 0 fully saturated rings. The van der Waals surface area contributed by atoms with Crippen LogP contribution in [0.2, 0.25) is 0 Å². The van der Waals surface area contributed by atoms with Crippen LogP contribution in [0.3, 0.4) is 0 Å². The molecule has 5 aromatic heterocycles. The van der Waals surface area contributed by atoms with Gasteiger partial charge in [0.15, 0.2) is 28.9 Å². The number of carbonyl (C=O) groups excluding carboxylic acids is 5. The van der Waals surface area contributed by atoms with Gasteiger partial charge in [-0.1, -0.05) is 169 Å². The number of aryl methyl sites for hydroxylation is 4. The Labute approximate surface area is 742 Å². The van der Waals surface area contributed by atoms with Crippen molar-refractivity contribution in [3.05, 3.63) is 448 Å². The Kier molecular flexibility index (Phi) is 33.6. The van der Waals surface area contributed by atoms with E-state index in [9.17, 15) is 37.1 Å². The summed E-state index contributed by atoms with van der Waals surface area (Å²) in [5.41, 5.74) is 21.8. The van der Waals surface area contributed by atoms with Gasteiger partial charge in [-0.15, -0.1) is 6.42 Å². The number of terminal acetylenes is 1. The molecule has 0 saturated heterocycles. The highest BCUT2D eigenvalue weighted by Crippen LogP contribution is 2.32. The lowest BCUT2D eigenvalue weighted by molar-refractivity contribution is 0.0984. The van der Waals surface area contributed by atoms with Crippen molar-refractivity contribution < 1.29 is 37.1 Å². The number of benzene rings is 10. The van der Waals surface area contributed by atoms with Crippen molar-refractivity contribution in [3.63, 3.8) is 0 Å². The maximum absolute atomic E-state index is 14.1. The molecule has 15 rings (SSSR count). The molecule has 5 heterocycles. The quantitative estimate of drug-likeness (QED) is 0.0335. The SMILES string of the molecule is C#Cc1cccc(C(=O)Cc2cccc(N(C)c3cncc(F)c3)c2)c1.CCCN(c1cccnc1)c1cccc(CC(=O)c2cccc(C)c2)c1.CCN(c1cccnc1)c1cccc(CC(=O)c2cccc(C)c2)c1.Cc1cccc(C(=O)Cc2cc(F)cc(N(C)c3cccnc3)c2)c1.Cc1cccc(C(=O)Cc2cccc(N(C)c3cncc(F)c3)c2)c1. The first-order chi connectivity index (χ1) is 61.5.